The summed E-state index contributed by atoms with van der Waals surface area (Å²) in [6.07, 6.45) is 0. The van der Waals surface area contributed by atoms with E-state index in [9.17, 15) is 0 Å². The Morgan fingerprint density at radius 2 is 1.96 bits per heavy atom. The largest absolute Gasteiger partial charge is 0.481 e. The van der Waals surface area contributed by atoms with Crippen molar-refractivity contribution >= 4 is 23.2 Å². The Morgan fingerprint density at radius 3 is 2.65 bits per heavy atom. The van der Waals surface area contributed by atoms with Crippen LogP contribution < -0.4 is 15.0 Å². The van der Waals surface area contributed by atoms with Crippen LogP contribution >= 0.6 is 11.6 Å². The van der Waals surface area contributed by atoms with Crippen molar-refractivity contribution in [3.63, 3.8) is 0 Å². The maximum absolute atomic E-state index is 6.11. The first-order valence-corrected chi connectivity index (χ1v) is 9.03. The second kappa shape index (κ2) is 8.76. The lowest BCUT2D eigenvalue weighted by molar-refractivity contribution is 0.371. The van der Waals surface area contributed by atoms with Crippen LogP contribution in [0.3, 0.4) is 0 Å². The molecule has 1 fully saturated rings. The molecule has 0 unspecified atom stereocenters. The fourth-order valence-electron chi connectivity index (χ4n) is 3.02. The van der Waals surface area contributed by atoms with Crippen LogP contribution in [0.5, 0.6) is 5.88 Å². The van der Waals surface area contributed by atoms with Crippen LogP contribution in [0.2, 0.25) is 5.02 Å². The second-order valence-corrected chi connectivity index (χ2v) is 6.46. The lowest BCUT2D eigenvalue weighted by Gasteiger charge is -2.37. The third-order valence-corrected chi connectivity index (χ3v) is 4.62. The summed E-state index contributed by atoms with van der Waals surface area (Å²) < 4.78 is 5.17. The van der Waals surface area contributed by atoms with Gasteiger partial charge in [-0.1, -0.05) is 23.7 Å². The average Bonchev–Trinajstić information content (AvgIpc) is 2.69. The number of benzene rings is 1. The van der Waals surface area contributed by atoms with Crippen molar-refractivity contribution in [1.29, 1.82) is 0 Å². The van der Waals surface area contributed by atoms with Crippen molar-refractivity contribution in [1.82, 2.24) is 15.2 Å². The summed E-state index contributed by atoms with van der Waals surface area (Å²) in [7, 11) is 3.43. The number of aliphatic imine (C=N–C) groups is 1. The van der Waals surface area contributed by atoms with Gasteiger partial charge < -0.3 is 19.9 Å². The minimum atomic E-state index is 0.610. The predicted octanol–water partition coefficient (Wildman–Crippen LogP) is 2.64. The minimum Gasteiger partial charge on any atom is -0.481 e. The maximum atomic E-state index is 6.11. The molecule has 0 bridgehead atoms. The predicted molar refractivity (Wildman–Crippen MR) is 106 cm³/mol. The molecule has 1 saturated heterocycles. The van der Waals surface area contributed by atoms with Crippen molar-refractivity contribution in [2.75, 3.05) is 45.2 Å². The summed E-state index contributed by atoms with van der Waals surface area (Å²) in [6, 6.07) is 13.8. The van der Waals surface area contributed by atoms with Crippen LogP contribution in [-0.2, 0) is 6.54 Å². The van der Waals surface area contributed by atoms with Gasteiger partial charge >= 0.3 is 0 Å². The minimum absolute atomic E-state index is 0.610. The Kier molecular flexibility index (Phi) is 6.17. The molecule has 0 aliphatic carbocycles. The first-order chi connectivity index (χ1) is 12.7. The smallest absolute Gasteiger partial charge is 0.213 e. The zero-order valence-electron chi connectivity index (χ0n) is 15.2. The molecule has 1 N–H and O–H groups in total. The number of rotatable bonds is 4. The Hall–Kier alpha value is -2.47. The van der Waals surface area contributed by atoms with Gasteiger partial charge in [-0.3, -0.25) is 4.99 Å². The molecule has 3 rings (SSSR count). The van der Waals surface area contributed by atoms with E-state index in [2.05, 4.69) is 31.2 Å². The number of hydrogen-bond donors (Lipinski definition) is 1. The Morgan fingerprint density at radius 1 is 1.19 bits per heavy atom. The van der Waals surface area contributed by atoms with Crippen LogP contribution in [0.4, 0.5) is 5.69 Å². The van der Waals surface area contributed by atoms with E-state index in [1.165, 1.54) is 5.69 Å². The summed E-state index contributed by atoms with van der Waals surface area (Å²) in [5, 5.41) is 4.16. The molecule has 0 radical (unpaired) electrons. The monoisotopic (exact) mass is 373 g/mol. The first kappa shape index (κ1) is 18.3. The van der Waals surface area contributed by atoms with Crippen molar-refractivity contribution in [2.24, 2.45) is 4.99 Å². The van der Waals surface area contributed by atoms with Gasteiger partial charge in [0.2, 0.25) is 5.88 Å². The van der Waals surface area contributed by atoms with E-state index >= 15 is 0 Å². The van der Waals surface area contributed by atoms with Crippen LogP contribution in [0.25, 0.3) is 0 Å². The number of methoxy groups -OCH3 is 1. The molecule has 2 heterocycles. The van der Waals surface area contributed by atoms with Gasteiger partial charge in [-0.2, -0.15) is 0 Å². The first-order valence-electron chi connectivity index (χ1n) is 8.65. The number of nitrogens with one attached hydrogen (secondary N) is 1. The summed E-state index contributed by atoms with van der Waals surface area (Å²) >= 11 is 6.11. The van der Waals surface area contributed by atoms with E-state index in [0.29, 0.717) is 12.4 Å². The molecule has 0 saturated carbocycles. The molecule has 7 heteroatoms. The molecule has 1 aromatic heterocycles. The number of hydrogen-bond acceptors (Lipinski definition) is 4. The molecular formula is C19H24ClN5O. The normalized spacial score (nSPS) is 15.1. The van der Waals surface area contributed by atoms with E-state index in [-0.39, 0.29) is 0 Å². The van der Waals surface area contributed by atoms with Gasteiger partial charge in [-0.15, -0.1) is 0 Å². The van der Waals surface area contributed by atoms with Crippen LogP contribution in [-0.4, -0.2) is 56.2 Å². The number of piperazine rings is 1. The van der Waals surface area contributed by atoms with Crippen LogP contribution in [0.15, 0.2) is 47.5 Å². The highest BCUT2D eigenvalue weighted by atomic mass is 35.5. The van der Waals surface area contributed by atoms with Crippen molar-refractivity contribution in [3.05, 3.63) is 53.2 Å². The third-order valence-electron chi connectivity index (χ3n) is 4.38. The van der Waals surface area contributed by atoms with E-state index in [1.54, 1.807) is 7.11 Å². The number of halogens is 1. The molecule has 138 valence electrons. The van der Waals surface area contributed by atoms with Gasteiger partial charge in [0.05, 0.1) is 19.3 Å². The molecule has 26 heavy (non-hydrogen) atoms. The quantitative estimate of drug-likeness (QED) is 0.659. The number of nitrogens with zero attached hydrogens (tertiary/aromatic N) is 4. The van der Waals surface area contributed by atoms with Gasteiger partial charge in [-0.05, 0) is 24.3 Å². The average molecular weight is 374 g/mol. The zero-order valence-corrected chi connectivity index (χ0v) is 15.9. The molecule has 0 spiro atoms. The van der Waals surface area contributed by atoms with E-state index in [1.807, 2.05) is 43.4 Å². The van der Waals surface area contributed by atoms with Gasteiger partial charge in [0.1, 0.15) is 0 Å². The van der Waals surface area contributed by atoms with Crippen LogP contribution in [0.1, 0.15) is 5.69 Å². The molecule has 6 nitrogen and oxygen atoms in total. The fourth-order valence-corrected chi connectivity index (χ4v) is 3.21. The highest BCUT2D eigenvalue weighted by Gasteiger charge is 2.20. The van der Waals surface area contributed by atoms with E-state index in [0.717, 1.165) is 42.9 Å². The molecule has 1 aliphatic rings. The lowest BCUT2D eigenvalue weighted by atomic mass is 10.2. The highest BCUT2D eigenvalue weighted by molar-refractivity contribution is 6.30. The molecule has 0 amide bonds. The number of pyridine rings is 1. The summed E-state index contributed by atoms with van der Waals surface area (Å²) in [6.45, 7) is 4.27. The van der Waals surface area contributed by atoms with Gasteiger partial charge in [0, 0.05) is 50.0 Å². The van der Waals surface area contributed by atoms with Gasteiger partial charge in [0.15, 0.2) is 5.96 Å². The van der Waals surface area contributed by atoms with Gasteiger partial charge in [0.25, 0.3) is 0 Å². The third kappa shape index (κ3) is 4.58. The zero-order chi connectivity index (χ0) is 18.4. The van der Waals surface area contributed by atoms with E-state index in [4.69, 9.17) is 16.3 Å². The Labute approximate surface area is 159 Å². The Bertz CT molecular complexity index is 759. The maximum Gasteiger partial charge on any atom is 0.213 e. The summed E-state index contributed by atoms with van der Waals surface area (Å²) in [5.74, 6) is 1.51. The molecule has 0 atom stereocenters. The number of ether oxygens (including phenoxy) is 1. The standard InChI is InChI=1S/C19H24ClN5O/c1-21-19(22-14-16-6-4-8-18(23-16)26-2)25-11-9-24(10-12-25)17-7-3-5-15(20)13-17/h3-8,13H,9-12,14H2,1-2H3,(H,21,22). The molecule has 2 aromatic rings. The van der Waals surface area contributed by atoms with E-state index < -0.39 is 0 Å². The summed E-state index contributed by atoms with van der Waals surface area (Å²) in [5.41, 5.74) is 2.09. The molecule has 1 aromatic carbocycles. The fraction of sp³-hybridized carbons (Fsp3) is 0.368. The number of aromatic nitrogens is 1. The molecule has 1 aliphatic heterocycles. The van der Waals surface area contributed by atoms with Gasteiger partial charge in [-0.25, -0.2) is 4.98 Å². The van der Waals surface area contributed by atoms with Crippen molar-refractivity contribution < 1.29 is 4.74 Å². The van der Waals surface area contributed by atoms with Crippen molar-refractivity contribution in [3.8, 4) is 5.88 Å². The Balaban J connectivity index is 1.55. The lowest BCUT2D eigenvalue weighted by Crippen LogP contribution is -2.52. The second-order valence-electron chi connectivity index (χ2n) is 6.03. The van der Waals surface area contributed by atoms with Crippen LogP contribution in [0, 0.1) is 0 Å². The van der Waals surface area contributed by atoms with Crippen molar-refractivity contribution in [2.45, 2.75) is 6.54 Å². The number of anilines is 1. The number of guanidine groups is 1. The molecular weight excluding hydrogens is 350 g/mol. The highest BCUT2D eigenvalue weighted by Crippen LogP contribution is 2.20. The topological polar surface area (TPSA) is 53.0 Å². The summed E-state index contributed by atoms with van der Waals surface area (Å²) in [4.78, 5) is 13.4. The SMILES string of the molecule is CN=C(NCc1cccc(OC)n1)N1CCN(c2cccc(Cl)c2)CC1.